The zero-order valence-corrected chi connectivity index (χ0v) is 13.2. The van der Waals surface area contributed by atoms with E-state index in [0.717, 1.165) is 13.1 Å². The third-order valence-electron chi connectivity index (χ3n) is 4.31. The maximum atomic E-state index is 4.71. The summed E-state index contributed by atoms with van der Waals surface area (Å²) in [5.74, 6) is 1.19. The molecule has 0 amide bonds. The molecule has 2 atom stereocenters. The molecule has 3 nitrogen and oxygen atoms in total. The number of hydrogen-bond acceptors (Lipinski definition) is 3. The monoisotopic (exact) mass is 275 g/mol. The molecule has 20 heavy (non-hydrogen) atoms. The molecule has 0 radical (unpaired) electrons. The number of rotatable bonds is 5. The van der Waals surface area contributed by atoms with Gasteiger partial charge in [0.05, 0.1) is 0 Å². The second-order valence-corrected chi connectivity index (χ2v) is 5.98. The topological polar surface area (TPSA) is 28.2 Å². The number of pyridine rings is 1. The van der Waals surface area contributed by atoms with Crippen LogP contribution in [0.4, 0.5) is 5.82 Å². The maximum absolute atomic E-state index is 4.71. The molecule has 2 unspecified atom stereocenters. The summed E-state index contributed by atoms with van der Waals surface area (Å²) >= 11 is 0. The molecule has 1 aliphatic rings. The van der Waals surface area contributed by atoms with Gasteiger partial charge in [0.1, 0.15) is 5.82 Å². The van der Waals surface area contributed by atoms with Crippen molar-refractivity contribution < 1.29 is 0 Å². The molecular weight excluding hydrogens is 246 g/mol. The summed E-state index contributed by atoms with van der Waals surface area (Å²) in [5, 5.41) is 3.59. The molecule has 2 rings (SSSR count). The van der Waals surface area contributed by atoms with E-state index in [1.165, 1.54) is 43.5 Å². The number of hydrogen-bond donors (Lipinski definition) is 1. The van der Waals surface area contributed by atoms with Gasteiger partial charge in [-0.05, 0) is 45.7 Å². The van der Waals surface area contributed by atoms with Crippen LogP contribution in [0.2, 0.25) is 0 Å². The van der Waals surface area contributed by atoms with E-state index in [2.05, 4.69) is 43.1 Å². The van der Waals surface area contributed by atoms with Crippen LogP contribution in [0.25, 0.3) is 0 Å². The fraction of sp³-hybridized carbons (Fsp3) is 0.706. The lowest BCUT2D eigenvalue weighted by Gasteiger charge is -2.31. The molecule has 0 saturated carbocycles. The highest BCUT2D eigenvalue weighted by Gasteiger charge is 2.22. The van der Waals surface area contributed by atoms with Crippen molar-refractivity contribution in [1.82, 2.24) is 10.3 Å². The first-order chi connectivity index (χ1) is 9.74. The minimum atomic E-state index is 0.370. The van der Waals surface area contributed by atoms with Crippen LogP contribution in [0.1, 0.15) is 64.5 Å². The third-order valence-corrected chi connectivity index (χ3v) is 4.31. The van der Waals surface area contributed by atoms with Gasteiger partial charge in [-0.2, -0.15) is 0 Å². The fourth-order valence-corrected chi connectivity index (χ4v) is 3.05. The minimum Gasteiger partial charge on any atom is -0.354 e. The van der Waals surface area contributed by atoms with Gasteiger partial charge in [-0.3, -0.25) is 0 Å². The molecule has 2 heterocycles. The van der Waals surface area contributed by atoms with Gasteiger partial charge < -0.3 is 10.2 Å². The average molecular weight is 275 g/mol. The minimum absolute atomic E-state index is 0.370. The summed E-state index contributed by atoms with van der Waals surface area (Å²) in [6.45, 7) is 9.00. The van der Waals surface area contributed by atoms with Crippen LogP contribution < -0.4 is 10.2 Å². The second-order valence-electron chi connectivity index (χ2n) is 5.98. The SMILES string of the molecule is CCCNC(C)c1cccnc1N1CCCCCC1C. The zero-order valence-electron chi connectivity index (χ0n) is 13.2. The number of nitrogens with one attached hydrogen (secondary N) is 1. The summed E-state index contributed by atoms with van der Waals surface area (Å²) in [6.07, 6.45) is 8.38. The average Bonchev–Trinajstić information content (AvgIpc) is 2.69. The molecule has 112 valence electrons. The summed E-state index contributed by atoms with van der Waals surface area (Å²) in [6, 6.07) is 5.26. The molecular formula is C17H29N3. The van der Waals surface area contributed by atoms with Crippen LogP contribution in [0.15, 0.2) is 18.3 Å². The van der Waals surface area contributed by atoms with Crippen molar-refractivity contribution in [2.45, 2.75) is 65.0 Å². The van der Waals surface area contributed by atoms with Crippen molar-refractivity contribution in [1.29, 1.82) is 0 Å². The van der Waals surface area contributed by atoms with Crippen molar-refractivity contribution >= 4 is 5.82 Å². The first-order valence-corrected chi connectivity index (χ1v) is 8.19. The van der Waals surface area contributed by atoms with E-state index < -0.39 is 0 Å². The Morgan fingerprint density at radius 1 is 1.40 bits per heavy atom. The van der Waals surface area contributed by atoms with Crippen LogP contribution >= 0.6 is 0 Å². The first kappa shape index (κ1) is 15.3. The molecule has 0 bridgehead atoms. The number of nitrogens with zero attached hydrogens (tertiary/aromatic N) is 2. The van der Waals surface area contributed by atoms with Crippen LogP contribution in [0.5, 0.6) is 0 Å². The first-order valence-electron chi connectivity index (χ1n) is 8.19. The summed E-state index contributed by atoms with van der Waals surface area (Å²) in [7, 11) is 0. The Bertz CT molecular complexity index is 405. The normalized spacial score (nSPS) is 21.6. The van der Waals surface area contributed by atoms with E-state index in [9.17, 15) is 0 Å². The maximum Gasteiger partial charge on any atom is 0.133 e. The predicted octanol–water partition coefficient (Wildman–Crippen LogP) is 3.91. The van der Waals surface area contributed by atoms with Gasteiger partial charge in [-0.15, -0.1) is 0 Å². The lowest BCUT2D eigenvalue weighted by molar-refractivity contribution is 0.559. The summed E-state index contributed by atoms with van der Waals surface area (Å²) < 4.78 is 0. The number of aromatic nitrogens is 1. The van der Waals surface area contributed by atoms with E-state index in [1.807, 2.05) is 6.20 Å². The van der Waals surface area contributed by atoms with Crippen molar-refractivity contribution in [2.24, 2.45) is 0 Å². The van der Waals surface area contributed by atoms with Gasteiger partial charge in [0.2, 0.25) is 0 Å². The molecule has 1 aromatic heterocycles. The van der Waals surface area contributed by atoms with E-state index in [1.54, 1.807) is 0 Å². The van der Waals surface area contributed by atoms with Crippen LogP contribution in [0.3, 0.4) is 0 Å². The fourth-order valence-electron chi connectivity index (χ4n) is 3.05. The van der Waals surface area contributed by atoms with E-state index in [0.29, 0.717) is 12.1 Å². The lowest BCUT2D eigenvalue weighted by Crippen LogP contribution is -2.35. The van der Waals surface area contributed by atoms with Crippen LogP contribution in [-0.2, 0) is 0 Å². The van der Waals surface area contributed by atoms with Crippen LogP contribution in [-0.4, -0.2) is 24.1 Å². The molecule has 1 aliphatic heterocycles. The molecule has 0 spiro atoms. The highest BCUT2D eigenvalue weighted by molar-refractivity contribution is 5.49. The number of anilines is 1. The van der Waals surface area contributed by atoms with E-state index >= 15 is 0 Å². The Labute approximate surface area is 123 Å². The van der Waals surface area contributed by atoms with Gasteiger partial charge in [-0.25, -0.2) is 4.98 Å². The molecule has 1 saturated heterocycles. The van der Waals surface area contributed by atoms with Gasteiger partial charge in [-0.1, -0.05) is 25.8 Å². The quantitative estimate of drug-likeness (QED) is 0.883. The molecule has 0 aliphatic carbocycles. The molecule has 3 heteroatoms. The summed E-state index contributed by atoms with van der Waals surface area (Å²) in [4.78, 5) is 7.23. The molecule has 1 N–H and O–H groups in total. The second kappa shape index (κ2) is 7.63. The van der Waals surface area contributed by atoms with Crippen molar-refractivity contribution in [3.63, 3.8) is 0 Å². The van der Waals surface area contributed by atoms with Gasteiger partial charge in [0.25, 0.3) is 0 Å². The van der Waals surface area contributed by atoms with Gasteiger partial charge in [0, 0.05) is 30.4 Å². The molecule has 0 aromatic carbocycles. The zero-order chi connectivity index (χ0) is 14.4. The third kappa shape index (κ3) is 3.72. The van der Waals surface area contributed by atoms with E-state index in [-0.39, 0.29) is 0 Å². The molecule has 1 aromatic rings. The molecule has 1 fully saturated rings. The van der Waals surface area contributed by atoms with E-state index in [4.69, 9.17) is 4.98 Å². The highest BCUT2D eigenvalue weighted by Crippen LogP contribution is 2.28. The summed E-state index contributed by atoms with van der Waals surface area (Å²) in [5.41, 5.74) is 1.34. The Kier molecular flexibility index (Phi) is 5.84. The van der Waals surface area contributed by atoms with Gasteiger partial charge in [0.15, 0.2) is 0 Å². The van der Waals surface area contributed by atoms with Crippen molar-refractivity contribution in [3.05, 3.63) is 23.9 Å². The smallest absolute Gasteiger partial charge is 0.133 e. The Morgan fingerprint density at radius 2 is 2.25 bits per heavy atom. The van der Waals surface area contributed by atoms with Crippen molar-refractivity contribution in [3.8, 4) is 0 Å². The lowest BCUT2D eigenvalue weighted by atomic mass is 10.1. The Hall–Kier alpha value is -1.09. The van der Waals surface area contributed by atoms with Crippen molar-refractivity contribution in [2.75, 3.05) is 18.0 Å². The standard InChI is InChI=1S/C17H29N3/c1-4-11-18-15(3)16-10-8-12-19-17(16)20-13-7-5-6-9-14(20)2/h8,10,12,14-15,18H,4-7,9,11,13H2,1-3H3. The van der Waals surface area contributed by atoms with Gasteiger partial charge >= 0.3 is 0 Å². The van der Waals surface area contributed by atoms with Crippen LogP contribution in [0, 0.1) is 0 Å². The predicted molar refractivity (Wildman–Crippen MR) is 86.2 cm³/mol. The highest BCUT2D eigenvalue weighted by atomic mass is 15.2. The largest absolute Gasteiger partial charge is 0.354 e. The Morgan fingerprint density at radius 3 is 3.05 bits per heavy atom. The Balaban J connectivity index is 2.21.